The van der Waals surface area contributed by atoms with Crippen LogP contribution in [-0.2, 0) is 4.79 Å². The Hall–Kier alpha value is -2.49. The van der Waals surface area contributed by atoms with E-state index >= 15 is 0 Å². The number of hydrogen-bond donors (Lipinski definition) is 1. The van der Waals surface area contributed by atoms with Crippen LogP contribution < -0.4 is 15.0 Å². The minimum absolute atomic E-state index is 0.00643. The van der Waals surface area contributed by atoms with E-state index in [4.69, 9.17) is 4.74 Å². The molecule has 0 unspecified atom stereocenters. The maximum atomic E-state index is 12.0. The van der Waals surface area contributed by atoms with Gasteiger partial charge < -0.3 is 15.0 Å². The second kappa shape index (κ2) is 8.08. The van der Waals surface area contributed by atoms with Gasteiger partial charge in [-0.1, -0.05) is 18.2 Å². The quantitative estimate of drug-likeness (QED) is 0.850. The van der Waals surface area contributed by atoms with Crippen LogP contribution in [-0.4, -0.2) is 26.1 Å². The van der Waals surface area contributed by atoms with Gasteiger partial charge in [-0.3, -0.25) is 4.79 Å². The van der Waals surface area contributed by atoms with Gasteiger partial charge in [0.15, 0.2) is 0 Å². The van der Waals surface area contributed by atoms with Crippen molar-refractivity contribution in [3.05, 3.63) is 54.6 Å². The molecule has 0 aliphatic rings. The first-order valence-corrected chi connectivity index (χ1v) is 7.48. The summed E-state index contributed by atoms with van der Waals surface area (Å²) in [5.41, 5.74) is 1.90. The molecule has 0 spiro atoms. The Kier molecular flexibility index (Phi) is 5.83. The molecular weight excluding hydrogens is 276 g/mol. The van der Waals surface area contributed by atoms with Crippen molar-refractivity contribution in [2.75, 3.05) is 30.4 Å². The molecule has 4 heteroatoms. The van der Waals surface area contributed by atoms with Crippen molar-refractivity contribution < 1.29 is 9.53 Å². The Balaban J connectivity index is 1.80. The first-order valence-electron chi connectivity index (χ1n) is 7.48. The molecule has 2 aromatic carbocycles. The van der Waals surface area contributed by atoms with E-state index in [0.717, 1.165) is 17.1 Å². The normalized spacial score (nSPS) is 10.1. The molecule has 0 heterocycles. The number of amides is 1. The first-order chi connectivity index (χ1) is 10.7. The predicted molar refractivity (Wildman–Crippen MR) is 90.6 cm³/mol. The summed E-state index contributed by atoms with van der Waals surface area (Å²) in [6.45, 7) is 3.25. The number of carbonyl (C=O) groups is 1. The smallest absolute Gasteiger partial charge is 0.226 e. The third kappa shape index (κ3) is 4.81. The molecule has 2 rings (SSSR count). The lowest BCUT2D eigenvalue weighted by molar-refractivity contribution is -0.116. The van der Waals surface area contributed by atoms with Crippen molar-refractivity contribution in [2.24, 2.45) is 0 Å². The third-order valence-electron chi connectivity index (χ3n) is 3.32. The highest BCUT2D eigenvalue weighted by molar-refractivity contribution is 5.91. The average Bonchev–Trinajstić information content (AvgIpc) is 2.55. The Morgan fingerprint density at radius 2 is 1.77 bits per heavy atom. The molecule has 0 fully saturated rings. The van der Waals surface area contributed by atoms with Crippen LogP contribution in [0.5, 0.6) is 5.75 Å². The van der Waals surface area contributed by atoms with Crippen LogP contribution in [0.2, 0.25) is 0 Å². The molecule has 0 radical (unpaired) electrons. The van der Waals surface area contributed by atoms with Gasteiger partial charge >= 0.3 is 0 Å². The number of anilines is 2. The molecule has 0 saturated heterocycles. The van der Waals surface area contributed by atoms with Crippen molar-refractivity contribution in [3.63, 3.8) is 0 Å². The van der Waals surface area contributed by atoms with Crippen LogP contribution in [0, 0.1) is 0 Å². The van der Waals surface area contributed by atoms with Crippen LogP contribution in [0.4, 0.5) is 11.4 Å². The van der Waals surface area contributed by atoms with Crippen molar-refractivity contribution in [1.29, 1.82) is 0 Å². The summed E-state index contributed by atoms with van der Waals surface area (Å²) in [6.07, 6.45) is 0.443. The Morgan fingerprint density at radius 1 is 1.09 bits per heavy atom. The van der Waals surface area contributed by atoms with Crippen molar-refractivity contribution in [3.8, 4) is 5.75 Å². The second-order valence-corrected chi connectivity index (χ2v) is 5.01. The molecule has 1 N–H and O–H groups in total. The van der Waals surface area contributed by atoms with Crippen molar-refractivity contribution >= 4 is 17.3 Å². The number of ether oxygens (including phenoxy) is 1. The fourth-order valence-electron chi connectivity index (χ4n) is 2.11. The van der Waals surface area contributed by atoms with E-state index in [0.29, 0.717) is 19.6 Å². The number of carbonyl (C=O) groups excluding carboxylic acids is 1. The number of para-hydroxylation sites is 1. The maximum Gasteiger partial charge on any atom is 0.226 e. The average molecular weight is 298 g/mol. The zero-order chi connectivity index (χ0) is 15.8. The van der Waals surface area contributed by atoms with Crippen molar-refractivity contribution in [2.45, 2.75) is 13.3 Å². The van der Waals surface area contributed by atoms with E-state index in [1.54, 1.807) is 0 Å². The number of rotatable bonds is 7. The molecular formula is C18H22N2O2. The highest BCUT2D eigenvalue weighted by Crippen LogP contribution is 2.16. The van der Waals surface area contributed by atoms with Crippen LogP contribution >= 0.6 is 0 Å². The summed E-state index contributed by atoms with van der Waals surface area (Å²) < 4.78 is 5.37. The Labute approximate surface area is 131 Å². The Morgan fingerprint density at radius 3 is 2.41 bits per heavy atom. The largest absolute Gasteiger partial charge is 0.494 e. The highest BCUT2D eigenvalue weighted by atomic mass is 16.5. The zero-order valence-corrected chi connectivity index (χ0v) is 13.1. The van der Waals surface area contributed by atoms with E-state index < -0.39 is 0 Å². The van der Waals surface area contributed by atoms with E-state index in [1.807, 2.05) is 68.6 Å². The zero-order valence-electron chi connectivity index (χ0n) is 13.1. The lowest BCUT2D eigenvalue weighted by Gasteiger charge is -2.18. The van der Waals surface area contributed by atoms with Crippen LogP contribution in [0.15, 0.2) is 54.6 Å². The van der Waals surface area contributed by atoms with Gasteiger partial charge in [0.1, 0.15) is 5.75 Å². The number of nitrogens with one attached hydrogen (secondary N) is 1. The molecule has 116 valence electrons. The molecule has 0 aromatic heterocycles. The molecule has 22 heavy (non-hydrogen) atoms. The van der Waals surface area contributed by atoms with E-state index in [1.165, 1.54) is 0 Å². The number of benzene rings is 2. The van der Waals surface area contributed by atoms with Gasteiger partial charge in [-0.15, -0.1) is 0 Å². The molecule has 0 aliphatic heterocycles. The molecule has 4 nitrogen and oxygen atoms in total. The third-order valence-corrected chi connectivity index (χ3v) is 3.32. The second-order valence-electron chi connectivity index (χ2n) is 5.01. The standard InChI is InChI=1S/C18H22N2O2/c1-3-22-17-11-9-15(10-12-17)19-18(21)13-14-20(2)16-7-5-4-6-8-16/h4-12H,3,13-14H2,1-2H3,(H,19,21). The van der Waals surface area contributed by atoms with Gasteiger partial charge in [-0.05, 0) is 43.3 Å². The minimum Gasteiger partial charge on any atom is -0.494 e. The van der Waals surface area contributed by atoms with Gasteiger partial charge in [0, 0.05) is 31.4 Å². The summed E-state index contributed by atoms with van der Waals surface area (Å²) >= 11 is 0. The molecule has 0 saturated carbocycles. The van der Waals surface area contributed by atoms with Crippen LogP contribution in [0.3, 0.4) is 0 Å². The number of hydrogen-bond acceptors (Lipinski definition) is 3. The molecule has 0 bridgehead atoms. The van der Waals surface area contributed by atoms with Gasteiger partial charge in [0.2, 0.25) is 5.91 Å². The summed E-state index contributed by atoms with van der Waals surface area (Å²) in [4.78, 5) is 14.1. The molecule has 0 atom stereocenters. The molecule has 0 aliphatic carbocycles. The predicted octanol–water partition coefficient (Wildman–Crippen LogP) is 3.55. The fourth-order valence-corrected chi connectivity index (χ4v) is 2.11. The van der Waals surface area contributed by atoms with E-state index in [9.17, 15) is 4.79 Å². The van der Waals surface area contributed by atoms with E-state index in [-0.39, 0.29) is 5.91 Å². The van der Waals surface area contributed by atoms with Gasteiger partial charge in [0.05, 0.1) is 6.61 Å². The lowest BCUT2D eigenvalue weighted by atomic mass is 10.2. The topological polar surface area (TPSA) is 41.6 Å². The summed E-state index contributed by atoms with van der Waals surface area (Å²) in [5.74, 6) is 0.816. The fraction of sp³-hybridized carbons (Fsp3) is 0.278. The van der Waals surface area contributed by atoms with Crippen LogP contribution in [0.25, 0.3) is 0 Å². The SMILES string of the molecule is CCOc1ccc(NC(=O)CCN(C)c2ccccc2)cc1. The summed E-state index contributed by atoms with van der Waals surface area (Å²) in [5, 5.41) is 2.90. The highest BCUT2D eigenvalue weighted by Gasteiger charge is 2.06. The molecule has 1 amide bonds. The summed E-state index contributed by atoms with van der Waals surface area (Å²) in [6, 6.07) is 17.4. The van der Waals surface area contributed by atoms with E-state index in [2.05, 4.69) is 10.2 Å². The monoisotopic (exact) mass is 298 g/mol. The van der Waals surface area contributed by atoms with Gasteiger partial charge in [0.25, 0.3) is 0 Å². The van der Waals surface area contributed by atoms with Crippen molar-refractivity contribution in [1.82, 2.24) is 0 Å². The number of nitrogens with zero attached hydrogens (tertiary/aromatic N) is 1. The minimum atomic E-state index is 0.00643. The Bertz CT molecular complexity index is 582. The van der Waals surface area contributed by atoms with Gasteiger partial charge in [-0.2, -0.15) is 0 Å². The molecule has 2 aromatic rings. The van der Waals surface area contributed by atoms with Crippen LogP contribution in [0.1, 0.15) is 13.3 Å². The lowest BCUT2D eigenvalue weighted by Crippen LogP contribution is -2.23. The maximum absolute atomic E-state index is 12.0. The summed E-state index contributed by atoms with van der Waals surface area (Å²) in [7, 11) is 1.99. The van der Waals surface area contributed by atoms with Gasteiger partial charge in [-0.25, -0.2) is 0 Å². The first kappa shape index (κ1) is 15.9.